The third-order valence-corrected chi connectivity index (χ3v) is 3.08. The molecule has 0 saturated carbocycles. The number of para-hydroxylation sites is 1. The quantitative estimate of drug-likeness (QED) is 0.422. The lowest BCUT2D eigenvalue weighted by atomic mass is 10.3. The minimum absolute atomic E-state index is 0.186. The van der Waals surface area contributed by atoms with Crippen LogP contribution in [-0.4, -0.2) is 17.4 Å². The highest BCUT2D eigenvalue weighted by molar-refractivity contribution is 7.22. The van der Waals surface area contributed by atoms with Gasteiger partial charge in [-0.2, -0.15) is 0 Å². The van der Waals surface area contributed by atoms with Gasteiger partial charge >= 0.3 is 0 Å². The molecule has 1 amide bonds. The number of nitrogens with two attached hydrogens (primary N) is 1. The number of carbonyl (C=O) groups is 1. The van der Waals surface area contributed by atoms with Gasteiger partial charge in [0.1, 0.15) is 0 Å². The lowest BCUT2D eigenvalue weighted by Gasteiger charge is -2.00. The normalized spacial score (nSPS) is 10.3. The molecule has 1 heterocycles. The van der Waals surface area contributed by atoms with Crippen LogP contribution >= 0.6 is 11.3 Å². The number of amides is 1. The molecular weight excluding hydrogens is 224 g/mol. The van der Waals surface area contributed by atoms with Gasteiger partial charge in [-0.15, -0.1) is 0 Å². The summed E-state index contributed by atoms with van der Waals surface area (Å²) >= 11 is 1.57. The number of fused-ring (bicyclic) bond motifs is 1. The fourth-order valence-corrected chi connectivity index (χ4v) is 2.19. The molecule has 16 heavy (non-hydrogen) atoms. The van der Waals surface area contributed by atoms with Gasteiger partial charge in [0.2, 0.25) is 5.91 Å². The Balaban J connectivity index is 1.97. The molecule has 5 nitrogen and oxygen atoms in total. The van der Waals surface area contributed by atoms with Crippen molar-refractivity contribution in [3.8, 4) is 0 Å². The SMILES string of the molecule is NNC(=O)CCNc1nc2ccccc2s1. The zero-order chi connectivity index (χ0) is 11.4. The molecule has 2 rings (SSSR count). The van der Waals surface area contributed by atoms with Crippen LogP contribution in [0, 0.1) is 0 Å². The zero-order valence-electron chi connectivity index (χ0n) is 8.56. The van der Waals surface area contributed by atoms with Gasteiger partial charge in [-0.3, -0.25) is 10.2 Å². The van der Waals surface area contributed by atoms with E-state index in [0.717, 1.165) is 15.3 Å². The van der Waals surface area contributed by atoms with Crippen LogP contribution in [0.1, 0.15) is 6.42 Å². The van der Waals surface area contributed by atoms with E-state index < -0.39 is 0 Å². The highest BCUT2D eigenvalue weighted by atomic mass is 32.1. The first-order valence-corrected chi connectivity index (χ1v) is 5.70. The van der Waals surface area contributed by atoms with Crippen molar-refractivity contribution in [2.75, 3.05) is 11.9 Å². The molecule has 0 bridgehead atoms. The number of carbonyl (C=O) groups excluding carboxylic acids is 1. The fraction of sp³-hybridized carbons (Fsp3) is 0.200. The number of aromatic nitrogens is 1. The van der Waals surface area contributed by atoms with Gasteiger partial charge in [0.05, 0.1) is 10.2 Å². The minimum Gasteiger partial charge on any atom is -0.361 e. The molecule has 0 aliphatic rings. The maximum atomic E-state index is 10.9. The van der Waals surface area contributed by atoms with Crippen molar-refractivity contribution in [2.24, 2.45) is 5.84 Å². The Hall–Kier alpha value is -1.66. The number of rotatable bonds is 4. The van der Waals surface area contributed by atoms with E-state index in [1.165, 1.54) is 0 Å². The molecule has 4 N–H and O–H groups in total. The van der Waals surface area contributed by atoms with Crippen molar-refractivity contribution in [3.05, 3.63) is 24.3 Å². The number of thiazole rings is 1. The number of nitrogens with zero attached hydrogens (tertiary/aromatic N) is 1. The summed E-state index contributed by atoms with van der Waals surface area (Å²) < 4.78 is 1.13. The fourth-order valence-electron chi connectivity index (χ4n) is 1.30. The van der Waals surface area contributed by atoms with Crippen molar-refractivity contribution in [3.63, 3.8) is 0 Å². The van der Waals surface area contributed by atoms with E-state index in [1.807, 2.05) is 24.3 Å². The Morgan fingerprint density at radius 3 is 3.00 bits per heavy atom. The van der Waals surface area contributed by atoms with Crippen molar-refractivity contribution >= 4 is 32.6 Å². The molecule has 0 aliphatic carbocycles. The van der Waals surface area contributed by atoms with Crippen LogP contribution in [0.4, 0.5) is 5.13 Å². The van der Waals surface area contributed by atoms with E-state index in [4.69, 9.17) is 5.84 Å². The van der Waals surface area contributed by atoms with Crippen LogP contribution < -0.4 is 16.6 Å². The molecule has 0 spiro atoms. The van der Waals surface area contributed by atoms with Gasteiger partial charge in [-0.05, 0) is 12.1 Å². The van der Waals surface area contributed by atoms with Crippen LogP contribution in [0.2, 0.25) is 0 Å². The molecular formula is C10H12N4OS. The molecule has 0 radical (unpaired) electrons. The van der Waals surface area contributed by atoms with Gasteiger partial charge in [0, 0.05) is 13.0 Å². The summed E-state index contributed by atoms with van der Waals surface area (Å²) in [7, 11) is 0. The Kier molecular flexibility index (Phi) is 3.33. The predicted molar refractivity (Wildman–Crippen MR) is 65.1 cm³/mol. The highest BCUT2D eigenvalue weighted by Crippen LogP contribution is 2.24. The van der Waals surface area contributed by atoms with Crippen molar-refractivity contribution in [1.29, 1.82) is 0 Å². The predicted octanol–water partition coefficient (Wildman–Crippen LogP) is 1.09. The molecule has 0 atom stereocenters. The van der Waals surface area contributed by atoms with Crippen molar-refractivity contribution < 1.29 is 4.79 Å². The molecule has 1 aromatic carbocycles. The third kappa shape index (κ3) is 2.47. The van der Waals surface area contributed by atoms with Gasteiger partial charge in [-0.1, -0.05) is 23.5 Å². The van der Waals surface area contributed by atoms with Gasteiger partial charge < -0.3 is 5.32 Å². The monoisotopic (exact) mass is 236 g/mol. The van der Waals surface area contributed by atoms with Crippen LogP contribution in [-0.2, 0) is 4.79 Å². The maximum Gasteiger partial charge on any atom is 0.235 e. The smallest absolute Gasteiger partial charge is 0.235 e. The number of hydrogen-bond acceptors (Lipinski definition) is 5. The second-order valence-corrected chi connectivity index (χ2v) is 4.26. The van der Waals surface area contributed by atoms with Crippen molar-refractivity contribution in [2.45, 2.75) is 6.42 Å². The molecule has 2 aromatic rings. The minimum atomic E-state index is -0.186. The first-order chi connectivity index (χ1) is 7.79. The topological polar surface area (TPSA) is 80.0 Å². The highest BCUT2D eigenvalue weighted by Gasteiger charge is 2.03. The van der Waals surface area contributed by atoms with Crippen LogP contribution in [0.15, 0.2) is 24.3 Å². The maximum absolute atomic E-state index is 10.9. The molecule has 0 fully saturated rings. The summed E-state index contributed by atoms with van der Waals surface area (Å²) in [6, 6.07) is 7.91. The summed E-state index contributed by atoms with van der Waals surface area (Å²) in [5.41, 5.74) is 3.05. The van der Waals surface area contributed by atoms with Crippen LogP contribution in [0.5, 0.6) is 0 Å². The van der Waals surface area contributed by atoms with E-state index in [9.17, 15) is 4.79 Å². The Labute approximate surface area is 96.6 Å². The van der Waals surface area contributed by atoms with Gasteiger partial charge in [0.15, 0.2) is 5.13 Å². The number of nitrogens with one attached hydrogen (secondary N) is 2. The zero-order valence-corrected chi connectivity index (χ0v) is 9.38. The van der Waals surface area contributed by atoms with Crippen LogP contribution in [0.25, 0.3) is 10.2 Å². The Morgan fingerprint density at radius 2 is 2.25 bits per heavy atom. The molecule has 84 valence electrons. The van der Waals surface area contributed by atoms with Gasteiger partial charge in [0.25, 0.3) is 0 Å². The Morgan fingerprint density at radius 1 is 1.44 bits per heavy atom. The van der Waals surface area contributed by atoms with E-state index in [1.54, 1.807) is 11.3 Å². The van der Waals surface area contributed by atoms with E-state index in [-0.39, 0.29) is 5.91 Å². The molecule has 6 heteroatoms. The second kappa shape index (κ2) is 4.91. The lowest BCUT2D eigenvalue weighted by Crippen LogP contribution is -2.31. The summed E-state index contributed by atoms with van der Waals surface area (Å²) in [5, 5.41) is 3.92. The average molecular weight is 236 g/mol. The first kappa shape index (κ1) is 10.8. The number of anilines is 1. The van der Waals surface area contributed by atoms with E-state index >= 15 is 0 Å². The van der Waals surface area contributed by atoms with Gasteiger partial charge in [-0.25, -0.2) is 10.8 Å². The third-order valence-electron chi connectivity index (χ3n) is 2.08. The first-order valence-electron chi connectivity index (χ1n) is 4.88. The molecule has 1 aromatic heterocycles. The van der Waals surface area contributed by atoms with Crippen molar-refractivity contribution in [1.82, 2.24) is 10.4 Å². The van der Waals surface area contributed by atoms with Crippen LogP contribution in [0.3, 0.4) is 0 Å². The summed E-state index contributed by atoms with van der Waals surface area (Å²) in [5.74, 6) is 4.79. The lowest BCUT2D eigenvalue weighted by molar-refractivity contribution is -0.120. The number of hydrazine groups is 1. The summed E-state index contributed by atoms with van der Waals surface area (Å²) in [4.78, 5) is 15.3. The number of benzene rings is 1. The summed E-state index contributed by atoms with van der Waals surface area (Å²) in [6.07, 6.45) is 0.340. The summed E-state index contributed by atoms with van der Waals surface area (Å²) in [6.45, 7) is 0.531. The molecule has 0 aliphatic heterocycles. The standard InChI is InChI=1S/C10H12N4OS/c11-14-9(15)5-6-12-10-13-7-3-1-2-4-8(7)16-10/h1-4H,5-6,11H2,(H,12,13)(H,14,15). The largest absolute Gasteiger partial charge is 0.361 e. The number of hydrogen-bond donors (Lipinski definition) is 3. The van der Waals surface area contributed by atoms with E-state index in [0.29, 0.717) is 13.0 Å². The molecule has 0 unspecified atom stereocenters. The van der Waals surface area contributed by atoms with E-state index in [2.05, 4.69) is 15.7 Å². The average Bonchev–Trinajstić information content (AvgIpc) is 2.71. The Bertz CT molecular complexity index is 463. The second-order valence-electron chi connectivity index (χ2n) is 3.23. The molecule has 0 saturated heterocycles.